The number of thioether (sulfide) groups is 1. The van der Waals surface area contributed by atoms with Crippen LogP contribution in [0.5, 0.6) is 0 Å². The van der Waals surface area contributed by atoms with E-state index < -0.39 is 0 Å². The van der Waals surface area contributed by atoms with Crippen LogP contribution in [0, 0.1) is 5.82 Å². The number of aromatic nitrogens is 5. The Bertz CT molecular complexity index is 1140. The van der Waals surface area contributed by atoms with E-state index in [4.69, 9.17) is 5.73 Å². The van der Waals surface area contributed by atoms with E-state index in [2.05, 4.69) is 25.4 Å². The molecule has 3 N–H and O–H groups in total. The van der Waals surface area contributed by atoms with Gasteiger partial charge in [0, 0.05) is 28.8 Å². The van der Waals surface area contributed by atoms with Crippen LogP contribution in [0.15, 0.2) is 53.9 Å². The van der Waals surface area contributed by atoms with E-state index in [0.717, 1.165) is 5.56 Å². The Labute approximate surface area is 169 Å². The molecular weight excluding hydrogens is 377 g/mol. The summed E-state index contributed by atoms with van der Waals surface area (Å²) < 4.78 is 14.8. The molecule has 0 radical (unpaired) electrons. The molecule has 0 bridgehead atoms. The lowest BCUT2D eigenvalue weighted by Crippen LogP contribution is -2.09. The average Bonchev–Trinajstić information content (AvgIpc) is 3.03. The maximum absolute atomic E-state index is 13.2. The number of fused-ring (bicyclic) bond motifs is 1. The van der Waals surface area contributed by atoms with Gasteiger partial charge >= 0.3 is 0 Å². The Balaban J connectivity index is 0.00000160. The predicted octanol–water partition coefficient (Wildman–Crippen LogP) is 4.54. The molecule has 4 rings (SSSR count). The molecule has 9 heteroatoms. The van der Waals surface area contributed by atoms with Gasteiger partial charge in [-0.2, -0.15) is 0 Å². The van der Waals surface area contributed by atoms with Crippen LogP contribution in [-0.4, -0.2) is 30.8 Å². The molecule has 0 unspecified atom stereocenters. The Morgan fingerprint density at radius 2 is 2.04 bits per heavy atom. The van der Waals surface area contributed by atoms with Crippen LogP contribution in [0.4, 0.5) is 16.0 Å². The van der Waals surface area contributed by atoms with Crippen molar-refractivity contribution in [3.8, 4) is 11.3 Å². The Morgan fingerprint density at radius 3 is 2.79 bits per heavy atom. The Hall–Kier alpha value is -3.20. The molecule has 1 aromatic carbocycles. The van der Waals surface area contributed by atoms with Crippen molar-refractivity contribution in [3.05, 3.63) is 60.2 Å². The van der Waals surface area contributed by atoms with Crippen molar-refractivity contribution in [2.45, 2.75) is 18.1 Å². The molecule has 0 aliphatic carbocycles. The first-order valence-electron chi connectivity index (χ1n) is 8.59. The van der Waals surface area contributed by atoms with Crippen molar-refractivity contribution >= 4 is 29.0 Å². The van der Waals surface area contributed by atoms with Crippen molar-refractivity contribution in [2.75, 3.05) is 17.3 Å². The normalized spacial score (nSPS) is 12.2. The molecule has 3 aromatic heterocycles. The van der Waals surface area contributed by atoms with Gasteiger partial charge in [0.05, 0.1) is 11.3 Å². The summed E-state index contributed by atoms with van der Waals surface area (Å²) in [5, 5.41) is 8.25. The number of nitrogens with one attached hydrogen (secondary N) is 1. The second-order valence-corrected chi connectivity index (χ2v) is 6.96. The fourth-order valence-electron chi connectivity index (χ4n) is 2.92. The first-order valence-corrected chi connectivity index (χ1v) is 9.82. The topological polar surface area (TPSA) is 94.0 Å². The molecule has 0 fully saturated rings. The lowest BCUT2D eigenvalue weighted by atomic mass is 10.1. The molecule has 0 amide bonds. The minimum atomic E-state index is -0.263. The third-order valence-corrected chi connectivity index (χ3v) is 4.85. The van der Waals surface area contributed by atoms with E-state index in [9.17, 15) is 4.39 Å². The molecule has 1 atom stereocenters. The Kier molecular flexibility index (Phi) is 4.82. The van der Waals surface area contributed by atoms with Crippen molar-refractivity contribution < 1.29 is 8.67 Å². The van der Waals surface area contributed by atoms with E-state index in [-0.39, 0.29) is 16.1 Å². The smallest absolute Gasteiger partial charge is 0.189 e. The van der Waals surface area contributed by atoms with Crippen LogP contribution in [0.25, 0.3) is 16.9 Å². The summed E-state index contributed by atoms with van der Waals surface area (Å²) in [7, 11) is 0. The number of benzene rings is 1. The molecule has 0 saturated heterocycles. The number of anilines is 2. The minimum absolute atomic E-state index is 0. The van der Waals surface area contributed by atoms with E-state index in [1.807, 2.05) is 19.2 Å². The predicted molar refractivity (Wildman–Crippen MR) is 115 cm³/mol. The first kappa shape index (κ1) is 18.2. The van der Waals surface area contributed by atoms with Crippen molar-refractivity contribution in [2.24, 2.45) is 0 Å². The van der Waals surface area contributed by atoms with E-state index in [0.29, 0.717) is 33.7 Å². The zero-order valence-electron chi connectivity index (χ0n) is 15.3. The second kappa shape index (κ2) is 7.43. The third kappa shape index (κ3) is 3.48. The highest BCUT2D eigenvalue weighted by Gasteiger charge is 2.17. The fraction of sp³-hybridized carbons (Fsp3) is 0.158. The van der Waals surface area contributed by atoms with Gasteiger partial charge in [0.25, 0.3) is 0 Å². The Morgan fingerprint density at radius 1 is 1.25 bits per heavy atom. The summed E-state index contributed by atoms with van der Waals surface area (Å²) in [6.07, 6.45) is 5.38. The summed E-state index contributed by atoms with van der Waals surface area (Å²) >= 11 is 1.43. The molecule has 4 aromatic rings. The van der Waals surface area contributed by atoms with Gasteiger partial charge in [-0.3, -0.25) is 0 Å². The lowest BCUT2D eigenvalue weighted by molar-refractivity contribution is 0.626. The number of halogens is 1. The maximum atomic E-state index is 13.2. The monoisotopic (exact) mass is 401 g/mol. The first-order chi connectivity index (χ1) is 13.5. The second-order valence-electron chi connectivity index (χ2n) is 6.19. The molecule has 0 aliphatic heterocycles. The van der Waals surface area contributed by atoms with Gasteiger partial charge in [0.2, 0.25) is 0 Å². The summed E-state index contributed by atoms with van der Waals surface area (Å²) in [5.74, 6) is 0.726. The number of hydrogen-bond donors (Lipinski definition) is 2. The summed E-state index contributed by atoms with van der Waals surface area (Å²) in [4.78, 5) is 13.5. The fourth-order valence-corrected chi connectivity index (χ4v) is 3.30. The average molecular weight is 402 g/mol. The number of rotatable bonds is 5. The van der Waals surface area contributed by atoms with Gasteiger partial charge in [-0.15, -0.1) is 5.10 Å². The lowest BCUT2D eigenvalue weighted by Gasteiger charge is -2.16. The van der Waals surface area contributed by atoms with Crippen molar-refractivity contribution in [1.29, 1.82) is 0 Å². The van der Waals surface area contributed by atoms with E-state index >= 15 is 0 Å². The van der Waals surface area contributed by atoms with Gasteiger partial charge in [0.15, 0.2) is 16.6 Å². The van der Waals surface area contributed by atoms with Crippen LogP contribution in [-0.2, 0) is 0 Å². The minimum Gasteiger partial charge on any atom is -0.382 e. The molecular formula is C19H24FN7S. The summed E-state index contributed by atoms with van der Waals surface area (Å²) in [6, 6.07) is 9.91. The van der Waals surface area contributed by atoms with Gasteiger partial charge in [0.1, 0.15) is 11.6 Å². The van der Waals surface area contributed by atoms with E-state index in [1.54, 1.807) is 35.1 Å². The summed E-state index contributed by atoms with van der Waals surface area (Å²) in [6.45, 7) is 1.99. The van der Waals surface area contributed by atoms with Gasteiger partial charge in [-0.25, -0.2) is 23.9 Å². The van der Waals surface area contributed by atoms with Gasteiger partial charge in [-0.05, 0) is 36.9 Å². The molecule has 0 spiro atoms. The van der Waals surface area contributed by atoms with Crippen molar-refractivity contribution in [1.82, 2.24) is 24.6 Å². The maximum Gasteiger partial charge on any atom is 0.189 e. The SMILES string of the molecule is CSc1nc(N[C@@H](C)c2ccc(F)cc2)cc(-c2c(N)nn3cccnc23)n1.[HH].[HH].[HH]. The number of hydrogen-bond acceptors (Lipinski definition) is 7. The highest BCUT2D eigenvalue weighted by Crippen LogP contribution is 2.31. The van der Waals surface area contributed by atoms with Crippen LogP contribution < -0.4 is 11.1 Å². The molecule has 28 heavy (non-hydrogen) atoms. The van der Waals surface area contributed by atoms with Crippen molar-refractivity contribution in [3.63, 3.8) is 0 Å². The van der Waals surface area contributed by atoms with Crippen LogP contribution >= 0.6 is 11.8 Å². The largest absolute Gasteiger partial charge is 0.382 e. The van der Waals surface area contributed by atoms with Gasteiger partial charge < -0.3 is 11.1 Å². The third-order valence-electron chi connectivity index (χ3n) is 4.30. The highest BCUT2D eigenvalue weighted by atomic mass is 32.2. The molecule has 7 nitrogen and oxygen atoms in total. The number of nitrogens with two attached hydrogens (primary N) is 1. The molecule has 3 heterocycles. The zero-order valence-corrected chi connectivity index (χ0v) is 16.1. The zero-order chi connectivity index (χ0) is 19.7. The molecule has 0 saturated carbocycles. The van der Waals surface area contributed by atoms with Crippen LogP contribution in [0.1, 0.15) is 22.8 Å². The molecule has 0 aliphatic rings. The number of nitrogen functional groups attached to an aromatic ring is 1. The summed E-state index contributed by atoms with van der Waals surface area (Å²) in [5.41, 5.74) is 9.02. The quantitative estimate of drug-likeness (QED) is 0.374. The molecule has 148 valence electrons. The highest BCUT2D eigenvalue weighted by molar-refractivity contribution is 7.98. The van der Waals surface area contributed by atoms with Gasteiger partial charge in [-0.1, -0.05) is 23.9 Å². The number of nitrogens with zero attached hydrogens (tertiary/aromatic N) is 5. The van der Waals surface area contributed by atoms with E-state index in [1.165, 1.54) is 23.9 Å². The van der Waals surface area contributed by atoms with Crippen LogP contribution in [0.2, 0.25) is 0 Å². The van der Waals surface area contributed by atoms with Crippen LogP contribution in [0.3, 0.4) is 0 Å². The standard InChI is InChI=1S/C19H18FN7S.3H2/c1-11(12-4-6-13(20)7-5-12)23-15-10-14(24-19(25-15)28-2)16-17(21)26-27-9-3-8-22-18(16)27;;;/h3-11H,1-2H3,(H2,21,26)(H,23,24,25);3*1H/t11-;;;/m0.../s1.